The summed E-state index contributed by atoms with van der Waals surface area (Å²) in [5, 5.41) is 1.08. The second-order valence-electron chi connectivity index (χ2n) is 9.91. The quantitative estimate of drug-likeness (QED) is 0.346. The van der Waals surface area contributed by atoms with E-state index in [1.807, 2.05) is 45.0 Å². The Bertz CT molecular complexity index is 1310. The van der Waals surface area contributed by atoms with Gasteiger partial charge in [-0.25, -0.2) is 4.98 Å². The fourth-order valence-electron chi connectivity index (χ4n) is 4.87. The van der Waals surface area contributed by atoms with Crippen LogP contribution in [0.5, 0.6) is 11.5 Å². The van der Waals surface area contributed by atoms with E-state index < -0.39 is 6.10 Å². The summed E-state index contributed by atoms with van der Waals surface area (Å²) in [6, 6.07) is 9.98. The molecule has 4 rings (SSSR count). The van der Waals surface area contributed by atoms with Gasteiger partial charge in [-0.3, -0.25) is 14.5 Å². The summed E-state index contributed by atoms with van der Waals surface area (Å²) in [7, 11) is 0. The number of amides is 1. The number of benzene rings is 2. The second kappa shape index (κ2) is 9.68. The normalized spacial score (nSPS) is 15.0. The minimum absolute atomic E-state index is 0.0784. The molecule has 0 N–H and O–H groups in total. The molecule has 0 aliphatic carbocycles. The van der Waals surface area contributed by atoms with E-state index in [0.717, 1.165) is 44.5 Å². The molecule has 0 saturated heterocycles. The number of para-hydroxylation sites is 1. The molecule has 6 nitrogen and oxygen atoms in total. The summed E-state index contributed by atoms with van der Waals surface area (Å²) >= 11 is 0. The van der Waals surface area contributed by atoms with Gasteiger partial charge < -0.3 is 9.47 Å². The Morgan fingerprint density at radius 3 is 2.51 bits per heavy atom. The van der Waals surface area contributed by atoms with Crippen LogP contribution in [0.4, 0.5) is 5.82 Å². The number of anilines is 1. The monoisotopic (exact) mass is 474 g/mol. The number of carbonyl (C=O) groups excluding carboxylic acids is 2. The average molecular weight is 475 g/mol. The number of hydrogen-bond acceptors (Lipinski definition) is 5. The Labute approximate surface area is 207 Å². The zero-order valence-corrected chi connectivity index (χ0v) is 21.7. The van der Waals surface area contributed by atoms with Gasteiger partial charge in [-0.15, -0.1) is 0 Å². The first kappa shape index (κ1) is 24.7. The Morgan fingerprint density at radius 2 is 1.83 bits per heavy atom. The highest BCUT2D eigenvalue weighted by molar-refractivity contribution is 5.97. The molecule has 0 spiro atoms. The van der Waals surface area contributed by atoms with Gasteiger partial charge in [0.25, 0.3) is 5.91 Å². The van der Waals surface area contributed by atoms with Crippen LogP contribution in [0, 0.1) is 33.6 Å². The lowest BCUT2D eigenvalue weighted by Crippen LogP contribution is -2.45. The average Bonchev–Trinajstić information content (AvgIpc) is 2.82. The lowest BCUT2D eigenvalue weighted by molar-refractivity contribution is -0.132. The molecule has 0 fully saturated rings. The second-order valence-corrected chi connectivity index (χ2v) is 9.91. The molecule has 3 aromatic rings. The van der Waals surface area contributed by atoms with E-state index >= 15 is 0 Å². The van der Waals surface area contributed by atoms with Crippen molar-refractivity contribution in [2.24, 2.45) is 5.92 Å². The topological polar surface area (TPSA) is 68.7 Å². The van der Waals surface area contributed by atoms with Crippen LogP contribution in [-0.4, -0.2) is 29.5 Å². The predicted molar refractivity (Wildman–Crippen MR) is 138 cm³/mol. The molecule has 1 aliphatic heterocycles. The maximum atomic E-state index is 13.9. The lowest BCUT2D eigenvalue weighted by Gasteiger charge is -2.33. The molecule has 1 amide bonds. The molecule has 2 heterocycles. The number of esters is 1. The standard InChI is InChI=1S/C29H34N2O4/c1-16(2)15-31(26-14-17(3)22-10-8-9-11-24(22)30-26)29(33)25-13-12-23-20(6)27(34-21(7)32)18(4)19(5)28(23)35-25/h8-11,14,16,25H,12-13,15H2,1-7H3. The number of hydrogen-bond donors (Lipinski definition) is 0. The van der Waals surface area contributed by atoms with Crippen LogP contribution in [0.15, 0.2) is 30.3 Å². The number of ether oxygens (including phenoxy) is 2. The van der Waals surface area contributed by atoms with Crippen LogP contribution in [-0.2, 0) is 16.0 Å². The largest absolute Gasteiger partial charge is 0.480 e. The molecule has 0 saturated carbocycles. The maximum absolute atomic E-state index is 13.9. The fraction of sp³-hybridized carbons (Fsp3) is 0.414. The van der Waals surface area contributed by atoms with E-state index in [9.17, 15) is 9.59 Å². The molecule has 1 unspecified atom stereocenters. The minimum Gasteiger partial charge on any atom is -0.480 e. The summed E-state index contributed by atoms with van der Waals surface area (Å²) in [6.45, 7) is 14.0. The van der Waals surface area contributed by atoms with Gasteiger partial charge in [0.15, 0.2) is 6.10 Å². The number of carbonyl (C=O) groups is 2. The van der Waals surface area contributed by atoms with Gasteiger partial charge in [0.1, 0.15) is 17.3 Å². The van der Waals surface area contributed by atoms with Crippen molar-refractivity contribution in [1.82, 2.24) is 4.98 Å². The van der Waals surface area contributed by atoms with Crippen LogP contribution in [0.25, 0.3) is 10.9 Å². The molecule has 1 aromatic heterocycles. The van der Waals surface area contributed by atoms with Crippen molar-refractivity contribution in [2.45, 2.75) is 67.4 Å². The van der Waals surface area contributed by atoms with Crippen molar-refractivity contribution in [1.29, 1.82) is 0 Å². The molecule has 35 heavy (non-hydrogen) atoms. The van der Waals surface area contributed by atoms with E-state index in [-0.39, 0.29) is 17.8 Å². The van der Waals surface area contributed by atoms with E-state index in [1.165, 1.54) is 6.92 Å². The van der Waals surface area contributed by atoms with Gasteiger partial charge in [-0.2, -0.15) is 0 Å². The third kappa shape index (κ3) is 4.75. The Kier molecular flexibility index (Phi) is 6.84. The van der Waals surface area contributed by atoms with Gasteiger partial charge in [0, 0.05) is 24.4 Å². The molecule has 0 radical (unpaired) electrons. The molecule has 184 valence electrons. The summed E-state index contributed by atoms with van der Waals surface area (Å²) in [4.78, 5) is 32.1. The highest BCUT2D eigenvalue weighted by Gasteiger charge is 2.34. The predicted octanol–water partition coefficient (Wildman–Crippen LogP) is 5.78. The molecule has 1 aliphatic rings. The molecule has 0 bridgehead atoms. The number of aromatic nitrogens is 1. The lowest BCUT2D eigenvalue weighted by atomic mass is 9.91. The van der Waals surface area contributed by atoms with Crippen LogP contribution >= 0.6 is 0 Å². The van der Waals surface area contributed by atoms with Crippen LogP contribution in [0.2, 0.25) is 0 Å². The van der Waals surface area contributed by atoms with Gasteiger partial charge in [0.05, 0.1) is 5.52 Å². The van der Waals surface area contributed by atoms with Crippen LogP contribution in [0.1, 0.15) is 55.0 Å². The zero-order chi connectivity index (χ0) is 25.4. The molecule has 6 heteroatoms. The summed E-state index contributed by atoms with van der Waals surface area (Å²) < 4.78 is 11.9. The molecular formula is C29H34N2O4. The van der Waals surface area contributed by atoms with Crippen molar-refractivity contribution < 1.29 is 19.1 Å². The van der Waals surface area contributed by atoms with E-state index in [2.05, 4.69) is 26.8 Å². The first-order valence-electron chi connectivity index (χ1n) is 12.2. The van der Waals surface area contributed by atoms with Crippen molar-refractivity contribution in [2.75, 3.05) is 11.4 Å². The first-order valence-corrected chi connectivity index (χ1v) is 12.2. The van der Waals surface area contributed by atoms with Crippen molar-refractivity contribution in [3.63, 3.8) is 0 Å². The highest BCUT2D eigenvalue weighted by atomic mass is 16.5. The summed E-state index contributed by atoms with van der Waals surface area (Å²) in [6.07, 6.45) is 0.620. The highest BCUT2D eigenvalue weighted by Crippen LogP contribution is 2.42. The fourth-order valence-corrected chi connectivity index (χ4v) is 4.87. The van der Waals surface area contributed by atoms with Crippen molar-refractivity contribution in [3.05, 3.63) is 58.1 Å². The molecule has 2 aromatic carbocycles. The SMILES string of the molecule is CC(=O)Oc1c(C)c(C)c2c(c1C)CCC(C(=O)N(CC(C)C)c1cc(C)c3ccccc3n1)O2. The number of aryl methyl sites for hydroxylation is 1. The smallest absolute Gasteiger partial charge is 0.308 e. The zero-order valence-electron chi connectivity index (χ0n) is 21.7. The van der Waals surface area contributed by atoms with Gasteiger partial charge in [-0.1, -0.05) is 32.0 Å². The third-order valence-electron chi connectivity index (χ3n) is 6.75. The molecular weight excluding hydrogens is 440 g/mol. The van der Waals surface area contributed by atoms with Gasteiger partial charge >= 0.3 is 5.97 Å². The van der Waals surface area contributed by atoms with Crippen LogP contribution < -0.4 is 14.4 Å². The van der Waals surface area contributed by atoms with Gasteiger partial charge in [0.2, 0.25) is 0 Å². The Morgan fingerprint density at radius 1 is 1.11 bits per heavy atom. The van der Waals surface area contributed by atoms with Gasteiger partial charge in [-0.05, 0) is 80.8 Å². The summed E-state index contributed by atoms with van der Waals surface area (Å²) in [5.74, 6) is 1.82. The summed E-state index contributed by atoms with van der Waals surface area (Å²) in [5.41, 5.74) is 5.62. The maximum Gasteiger partial charge on any atom is 0.308 e. The Hall–Kier alpha value is -3.41. The number of rotatable bonds is 5. The van der Waals surface area contributed by atoms with Crippen LogP contribution in [0.3, 0.4) is 0 Å². The number of fused-ring (bicyclic) bond motifs is 2. The minimum atomic E-state index is -0.605. The van der Waals surface area contributed by atoms with Crippen molar-refractivity contribution in [3.8, 4) is 11.5 Å². The molecule has 1 atom stereocenters. The third-order valence-corrected chi connectivity index (χ3v) is 6.75. The van der Waals surface area contributed by atoms with E-state index in [0.29, 0.717) is 31.0 Å². The van der Waals surface area contributed by atoms with E-state index in [1.54, 1.807) is 4.90 Å². The number of pyridine rings is 1. The number of nitrogens with zero attached hydrogens (tertiary/aromatic N) is 2. The van der Waals surface area contributed by atoms with E-state index in [4.69, 9.17) is 14.5 Å². The Balaban J connectivity index is 1.70. The first-order chi connectivity index (χ1) is 16.6. The van der Waals surface area contributed by atoms with Crippen molar-refractivity contribution >= 4 is 28.6 Å².